The number of H-pyrrole nitrogens is 1. The molecule has 0 bridgehead atoms. The fourth-order valence-electron chi connectivity index (χ4n) is 2.62. The number of halogens is 3. The number of hydrogen-bond donors (Lipinski definition) is 3. The van der Waals surface area contributed by atoms with Crippen molar-refractivity contribution in [2.24, 2.45) is 4.99 Å². The maximum Gasteiger partial charge on any atom is 0.191 e. The Morgan fingerprint density at radius 2 is 2.00 bits per heavy atom. The maximum atomic E-state index is 13.4. The summed E-state index contributed by atoms with van der Waals surface area (Å²) in [4.78, 5) is 8.32. The molecule has 1 unspecified atom stereocenters. The lowest BCUT2D eigenvalue weighted by Crippen LogP contribution is -2.38. The van der Waals surface area contributed by atoms with Gasteiger partial charge in [-0.1, -0.05) is 24.3 Å². The zero-order chi connectivity index (χ0) is 19.2. The van der Waals surface area contributed by atoms with E-state index in [-0.39, 0.29) is 30.0 Å². The number of benzene rings is 2. The number of nitrogens with one attached hydrogen (secondary N) is 3. The first kappa shape index (κ1) is 21.7. The van der Waals surface area contributed by atoms with E-state index in [0.29, 0.717) is 23.9 Å². The molecule has 6 nitrogen and oxygen atoms in total. The van der Waals surface area contributed by atoms with Gasteiger partial charge in [0.15, 0.2) is 23.4 Å². The minimum atomic E-state index is -0.867. The highest BCUT2D eigenvalue weighted by Crippen LogP contribution is 2.17. The lowest BCUT2D eigenvalue weighted by Gasteiger charge is -2.18. The summed E-state index contributed by atoms with van der Waals surface area (Å²) >= 11 is 0. The van der Waals surface area contributed by atoms with Gasteiger partial charge in [0, 0.05) is 19.2 Å². The molecular weight excluding hydrogens is 477 g/mol. The second kappa shape index (κ2) is 10.1. The van der Waals surface area contributed by atoms with Gasteiger partial charge in [0.05, 0.1) is 6.04 Å². The van der Waals surface area contributed by atoms with Gasteiger partial charge in [-0.05, 0) is 36.2 Å². The molecule has 9 heteroatoms. The Kier molecular flexibility index (Phi) is 7.85. The summed E-state index contributed by atoms with van der Waals surface area (Å²) in [7, 11) is 1.65. The largest absolute Gasteiger partial charge is 0.352 e. The van der Waals surface area contributed by atoms with E-state index in [0.717, 1.165) is 17.2 Å². The molecule has 0 saturated heterocycles. The third-order valence-electron chi connectivity index (χ3n) is 4.10. The third-order valence-corrected chi connectivity index (χ3v) is 4.10. The summed E-state index contributed by atoms with van der Waals surface area (Å²) in [5.41, 5.74) is 2.60. The van der Waals surface area contributed by atoms with E-state index in [9.17, 15) is 8.78 Å². The molecule has 0 aliphatic rings. The molecule has 1 heterocycles. The number of aliphatic imine (C=N–C) groups is 1. The van der Waals surface area contributed by atoms with Gasteiger partial charge in [-0.3, -0.25) is 10.1 Å². The van der Waals surface area contributed by atoms with E-state index in [1.807, 2.05) is 31.2 Å². The Morgan fingerprint density at radius 1 is 1.18 bits per heavy atom. The first-order valence-corrected chi connectivity index (χ1v) is 8.43. The van der Waals surface area contributed by atoms with E-state index in [1.165, 1.54) is 12.4 Å². The lowest BCUT2D eigenvalue weighted by atomic mass is 10.1. The second-order valence-corrected chi connectivity index (χ2v) is 6.00. The lowest BCUT2D eigenvalue weighted by molar-refractivity contribution is 0.504. The predicted octanol–water partition coefficient (Wildman–Crippen LogP) is 3.79. The minimum absolute atomic E-state index is 0. The van der Waals surface area contributed by atoms with Gasteiger partial charge in [0.25, 0.3) is 0 Å². The summed E-state index contributed by atoms with van der Waals surface area (Å²) in [5, 5.41) is 13.1. The van der Waals surface area contributed by atoms with Crippen molar-refractivity contribution < 1.29 is 8.78 Å². The summed E-state index contributed by atoms with van der Waals surface area (Å²) in [6, 6.07) is 11.5. The van der Waals surface area contributed by atoms with Crippen LogP contribution >= 0.6 is 24.0 Å². The van der Waals surface area contributed by atoms with Gasteiger partial charge in [-0.25, -0.2) is 13.8 Å². The van der Waals surface area contributed by atoms with Crippen LogP contribution in [0.2, 0.25) is 0 Å². The normalized spacial score (nSPS) is 12.2. The van der Waals surface area contributed by atoms with Crippen LogP contribution in [0, 0.1) is 11.6 Å². The quantitative estimate of drug-likeness (QED) is 0.284. The Morgan fingerprint density at radius 3 is 2.68 bits per heavy atom. The van der Waals surface area contributed by atoms with E-state index < -0.39 is 11.6 Å². The molecule has 1 aromatic heterocycles. The summed E-state index contributed by atoms with van der Waals surface area (Å²) in [6.45, 7) is 2.39. The molecule has 3 N–H and O–H groups in total. The van der Waals surface area contributed by atoms with Crippen molar-refractivity contribution >= 4 is 29.9 Å². The molecule has 0 saturated carbocycles. The number of guanidine groups is 1. The molecule has 148 valence electrons. The van der Waals surface area contributed by atoms with Crippen LogP contribution in [-0.4, -0.2) is 28.2 Å². The molecule has 0 aliphatic carbocycles. The zero-order valence-corrected chi connectivity index (χ0v) is 17.7. The van der Waals surface area contributed by atoms with Crippen LogP contribution in [0.1, 0.15) is 24.1 Å². The van der Waals surface area contributed by atoms with Crippen molar-refractivity contribution in [3.8, 4) is 11.4 Å². The Balaban J connectivity index is 0.00000280. The number of rotatable bonds is 5. The van der Waals surface area contributed by atoms with Crippen LogP contribution in [0.4, 0.5) is 8.78 Å². The maximum absolute atomic E-state index is 13.4. The molecule has 3 aromatic rings. The topological polar surface area (TPSA) is 78.0 Å². The number of aromatic amines is 1. The minimum Gasteiger partial charge on any atom is -0.352 e. The number of aromatic nitrogens is 3. The number of hydrogen-bond acceptors (Lipinski definition) is 3. The van der Waals surface area contributed by atoms with E-state index in [2.05, 4.69) is 30.8 Å². The molecule has 28 heavy (non-hydrogen) atoms. The number of nitrogens with zero attached hydrogens (tertiary/aromatic N) is 3. The average molecular weight is 498 g/mol. The van der Waals surface area contributed by atoms with E-state index >= 15 is 0 Å². The van der Waals surface area contributed by atoms with Crippen molar-refractivity contribution in [2.75, 3.05) is 7.05 Å². The fourth-order valence-corrected chi connectivity index (χ4v) is 2.62. The molecular formula is C19H21F2IN6. The van der Waals surface area contributed by atoms with E-state index in [1.54, 1.807) is 13.1 Å². The average Bonchev–Trinajstić information content (AvgIpc) is 3.22. The van der Waals surface area contributed by atoms with Gasteiger partial charge in [-0.2, -0.15) is 5.10 Å². The fraction of sp³-hybridized carbons (Fsp3) is 0.211. The third kappa shape index (κ3) is 5.47. The van der Waals surface area contributed by atoms with Crippen molar-refractivity contribution in [2.45, 2.75) is 19.5 Å². The molecule has 0 amide bonds. The first-order valence-electron chi connectivity index (χ1n) is 8.43. The second-order valence-electron chi connectivity index (χ2n) is 6.00. The van der Waals surface area contributed by atoms with Crippen LogP contribution in [0.25, 0.3) is 11.4 Å². The molecule has 3 rings (SSSR count). The van der Waals surface area contributed by atoms with Crippen LogP contribution in [0.5, 0.6) is 0 Å². The van der Waals surface area contributed by atoms with Gasteiger partial charge < -0.3 is 10.6 Å². The summed E-state index contributed by atoms with van der Waals surface area (Å²) in [5.74, 6) is -0.475. The molecule has 0 spiro atoms. The standard InChI is InChI=1S/C19H20F2N6.HI/c1-12(14-6-7-16(20)17(21)9-14)26-19(22-2)23-10-13-4-3-5-15(8-13)18-24-11-25-27-18;/h3-9,11-12H,10H2,1-2H3,(H2,22,23,26)(H,24,25,27);1H. The Bertz CT molecular complexity index is 930. The first-order chi connectivity index (χ1) is 13.1. The van der Waals surface area contributed by atoms with Gasteiger partial charge in [0.2, 0.25) is 0 Å². The Hall–Kier alpha value is -2.56. The molecule has 2 aromatic carbocycles. The van der Waals surface area contributed by atoms with Crippen molar-refractivity contribution in [3.05, 3.63) is 71.6 Å². The monoisotopic (exact) mass is 498 g/mol. The molecule has 0 aliphatic heterocycles. The highest BCUT2D eigenvalue weighted by Gasteiger charge is 2.11. The van der Waals surface area contributed by atoms with E-state index in [4.69, 9.17) is 0 Å². The smallest absolute Gasteiger partial charge is 0.191 e. The molecule has 0 radical (unpaired) electrons. The van der Waals surface area contributed by atoms with Crippen molar-refractivity contribution in [1.82, 2.24) is 25.8 Å². The molecule has 1 atom stereocenters. The van der Waals surface area contributed by atoms with Crippen molar-refractivity contribution in [1.29, 1.82) is 0 Å². The molecule has 0 fully saturated rings. The van der Waals surface area contributed by atoms with Crippen LogP contribution in [0.3, 0.4) is 0 Å². The predicted molar refractivity (Wildman–Crippen MR) is 115 cm³/mol. The van der Waals surface area contributed by atoms with Crippen LogP contribution in [0.15, 0.2) is 53.8 Å². The highest BCUT2D eigenvalue weighted by atomic mass is 127. The van der Waals surface area contributed by atoms with Gasteiger partial charge in [0.1, 0.15) is 6.33 Å². The SMILES string of the molecule is CN=C(NCc1cccc(-c2ncn[nH]2)c1)NC(C)c1ccc(F)c(F)c1.I. The summed E-state index contributed by atoms with van der Waals surface area (Å²) in [6.07, 6.45) is 1.46. The Labute approximate surface area is 178 Å². The van der Waals surface area contributed by atoms with Crippen LogP contribution in [-0.2, 0) is 6.54 Å². The van der Waals surface area contributed by atoms with Crippen LogP contribution < -0.4 is 10.6 Å². The zero-order valence-electron chi connectivity index (χ0n) is 15.4. The van der Waals surface area contributed by atoms with Gasteiger partial charge >= 0.3 is 0 Å². The summed E-state index contributed by atoms with van der Waals surface area (Å²) < 4.78 is 26.5. The van der Waals surface area contributed by atoms with Crippen molar-refractivity contribution in [3.63, 3.8) is 0 Å². The highest BCUT2D eigenvalue weighted by molar-refractivity contribution is 14.0. The van der Waals surface area contributed by atoms with Gasteiger partial charge in [-0.15, -0.1) is 24.0 Å².